The highest BCUT2D eigenvalue weighted by Crippen LogP contribution is 2.20. The highest BCUT2D eigenvalue weighted by molar-refractivity contribution is 5.45. The smallest absolute Gasteiger partial charge is 0.119 e. The van der Waals surface area contributed by atoms with Crippen LogP contribution in [0.3, 0.4) is 0 Å². The van der Waals surface area contributed by atoms with Gasteiger partial charge in [-0.1, -0.05) is 42.2 Å². The number of hydrogen-bond acceptors (Lipinski definition) is 4. The van der Waals surface area contributed by atoms with E-state index in [9.17, 15) is 5.11 Å². The monoisotopic (exact) mass is 325 g/mol. The minimum absolute atomic E-state index is 0.0917. The third kappa shape index (κ3) is 5.39. The molecule has 0 heterocycles. The molecule has 0 bridgehead atoms. The van der Waals surface area contributed by atoms with Gasteiger partial charge in [-0.3, -0.25) is 4.90 Å². The van der Waals surface area contributed by atoms with Crippen LogP contribution in [-0.4, -0.2) is 42.0 Å². The van der Waals surface area contributed by atoms with Crippen molar-refractivity contribution in [3.05, 3.63) is 65.2 Å². The van der Waals surface area contributed by atoms with Gasteiger partial charge in [-0.25, -0.2) is 0 Å². The first-order valence-corrected chi connectivity index (χ1v) is 7.90. The molecule has 0 saturated heterocycles. The molecule has 0 aliphatic rings. The molecule has 0 spiro atoms. The van der Waals surface area contributed by atoms with Crippen LogP contribution in [0.4, 0.5) is 0 Å². The van der Waals surface area contributed by atoms with Crippen LogP contribution in [0.2, 0.25) is 0 Å². The summed E-state index contributed by atoms with van der Waals surface area (Å²) in [6, 6.07) is 15.9. The average molecular weight is 325 g/mol. The molecule has 4 nitrogen and oxygen atoms in total. The lowest BCUT2D eigenvalue weighted by molar-refractivity contribution is 0.184. The zero-order chi connectivity index (χ0) is 17.2. The lowest BCUT2D eigenvalue weighted by atomic mass is 10.1. The molecule has 4 heteroatoms. The van der Waals surface area contributed by atoms with Gasteiger partial charge in [-0.15, -0.1) is 0 Å². The SMILES string of the molecule is COc1ccc(C#CCO)c(CN(CCO)Cc2ccccc2)c1. The van der Waals surface area contributed by atoms with E-state index in [1.807, 2.05) is 36.4 Å². The van der Waals surface area contributed by atoms with Crippen molar-refractivity contribution in [2.45, 2.75) is 13.1 Å². The topological polar surface area (TPSA) is 52.9 Å². The molecule has 126 valence electrons. The fraction of sp³-hybridized carbons (Fsp3) is 0.300. The van der Waals surface area contributed by atoms with Crippen LogP contribution in [0, 0.1) is 11.8 Å². The molecule has 2 N–H and O–H groups in total. The molecule has 0 fully saturated rings. The van der Waals surface area contributed by atoms with Crippen molar-refractivity contribution in [1.82, 2.24) is 4.90 Å². The summed E-state index contributed by atoms with van der Waals surface area (Å²) in [6.07, 6.45) is 0. The number of benzene rings is 2. The van der Waals surface area contributed by atoms with Gasteiger partial charge in [0.1, 0.15) is 12.4 Å². The highest BCUT2D eigenvalue weighted by atomic mass is 16.5. The van der Waals surface area contributed by atoms with Gasteiger partial charge in [-0.05, 0) is 29.3 Å². The van der Waals surface area contributed by atoms with Crippen LogP contribution in [0.5, 0.6) is 5.75 Å². The van der Waals surface area contributed by atoms with Crippen LogP contribution in [-0.2, 0) is 13.1 Å². The summed E-state index contributed by atoms with van der Waals surface area (Å²) in [7, 11) is 1.63. The molecule has 24 heavy (non-hydrogen) atoms. The third-order valence-electron chi connectivity index (χ3n) is 3.67. The van der Waals surface area contributed by atoms with Crippen LogP contribution < -0.4 is 4.74 Å². The maximum atomic E-state index is 9.38. The van der Waals surface area contributed by atoms with E-state index < -0.39 is 0 Å². The molecule has 0 atom stereocenters. The number of hydrogen-bond donors (Lipinski definition) is 2. The maximum Gasteiger partial charge on any atom is 0.119 e. The molecular weight excluding hydrogens is 302 g/mol. The lowest BCUT2D eigenvalue weighted by Crippen LogP contribution is -2.26. The zero-order valence-corrected chi connectivity index (χ0v) is 13.9. The van der Waals surface area contributed by atoms with E-state index in [2.05, 4.69) is 28.9 Å². The third-order valence-corrected chi connectivity index (χ3v) is 3.67. The minimum atomic E-state index is -0.171. The van der Waals surface area contributed by atoms with Crippen molar-refractivity contribution >= 4 is 0 Å². The van der Waals surface area contributed by atoms with E-state index in [4.69, 9.17) is 9.84 Å². The number of nitrogens with zero attached hydrogens (tertiary/aromatic N) is 1. The van der Waals surface area contributed by atoms with Gasteiger partial charge in [0, 0.05) is 25.2 Å². The van der Waals surface area contributed by atoms with Crippen LogP contribution >= 0.6 is 0 Å². The lowest BCUT2D eigenvalue weighted by Gasteiger charge is -2.22. The quantitative estimate of drug-likeness (QED) is 0.765. The number of aliphatic hydroxyl groups is 2. The predicted octanol–water partition coefficient (Wildman–Crippen LogP) is 2.03. The standard InChI is InChI=1S/C20H23NO3/c1-24-20-10-9-18(8-5-12-22)19(14-20)16-21(11-13-23)15-17-6-3-2-4-7-17/h2-4,6-7,9-10,14,22-23H,11-13,15-16H2,1H3. The number of ether oxygens (including phenoxy) is 1. The van der Waals surface area contributed by atoms with E-state index in [0.29, 0.717) is 13.1 Å². The Hall–Kier alpha value is -2.32. The first kappa shape index (κ1) is 18.0. The summed E-state index contributed by atoms with van der Waals surface area (Å²) in [5.74, 6) is 6.44. The molecular formula is C20H23NO3. The predicted molar refractivity (Wildman–Crippen MR) is 94.6 cm³/mol. The van der Waals surface area contributed by atoms with Gasteiger partial charge in [0.2, 0.25) is 0 Å². The highest BCUT2D eigenvalue weighted by Gasteiger charge is 2.10. The Morgan fingerprint density at radius 3 is 2.50 bits per heavy atom. The molecule has 0 aliphatic heterocycles. The normalized spacial score (nSPS) is 10.3. The molecule has 0 saturated carbocycles. The van der Waals surface area contributed by atoms with E-state index >= 15 is 0 Å². The molecule has 0 aliphatic carbocycles. The van der Waals surface area contributed by atoms with E-state index in [1.54, 1.807) is 7.11 Å². The van der Waals surface area contributed by atoms with Gasteiger partial charge >= 0.3 is 0 Å². The molecule has 0 radical (unpaired) electrons. The number of rotatable bonds is 7. The Labute approximate surface area is 143 Å². The molecule has 2 aromatic carbocycles. The first-order valence-electron chi connectivity index (χ1n) is 7.90. The van der Waals surface area contributed by atoms with Gasteiger partial charge in [-0.2, -0.15) is 0 Å². The minimum Gasteiger partial charge on any atom is -0.497 e. The van der Waals surface area contributed by atoms with Crippen molar-refractivity contribution in [1.29, 1.82) is 0 Å². The Morgan fingerprint density at radius 1 is 1.04 bits per heavy atom. The van der Waals surface area contributed by atoms with Crippen molar-refractivity contribution in [2.24, 2.45) is 0 Å². The molecule has 0 amide bonds. The Balaban J connectivity index is 2.23. The van der Waals surface area contributed by atoms with E-state index in [0.717, 1.165) is 23.4 Å². The van der Waals surface area contributed by atoms with Crippen LogP contribution in [0.15, 0.2) is 48.5 Å². The zero-order valence-electron chi connectivity index (χ0n) is 13.9. The maximum absolute atomic E-state index is 9.38. The van der Waals surface area contributed by atoms with Gasteiger partial charge in [0.25, 0.3) is 0 Å². The second-order valence-electron chi connectivity index (χ2n) is 5.40. The van der Waals surface area contributed by atoms with Crippen LogP contribution in [0.25, 0.3) is 0 Å². The van der Waals surface area contributed by atoms with E-state index in [-0.39, 0.29) is 13.2 Å². The molecule has 0 aromatic heterocycles. The molecule has 2 aromatic rings. The summed E-state index contributed by atoms with van der Waals surface area (Å²) in [4.78, 5) is 2.16. The van der Waals surface area contributed by atoms with Crippen molar-refractivity contribution < 1.29 is 14.9 Å². The van der Waals surface area contributed by atoms with Gasteiger partial charge in [0.15, 0.2) is 0 Å². The summed E-state index contributed by atoms with van der Waals surface area (Å²) in [5.41, 5.74) is 3.07. The summed E-state index contributed by atoms with van der Waals surface area (Å²) in [5, 5.41) is 18.3. The van der Waals surface area contributed by atoms with Gasteiger partial charge < -0.3 is 14.9 Å². The number of aliphatic hydroxyl groups excluding tert-OH is 2. The van der Waals surface area contributed by atoms with Crippen molar-refractivity contribution in [2.75, 3.05) is 26.9 Å². The fourth-order valence-corrected chi connectivity index (χ4v) is 2.52. The first-order chi connectivity index (χ1) is 11.8. The fourth-order valence-electron chi connectivity index (χ4n) is 2.52. The van der Waals surface area contributed by atoms with Crippen molar-refractivity contribution in [3.8, 4) is 17.6 Å². The summed E-state index contributed by atoms with van der Waals surface area (Å²) >= 11 is 0. The largest absolute Gasteiger partial charge is 0.497 e. The van der Waals surface area contributed by atoms with E-state index in [1.165, 1.54) is 5.56 Å². The second kappa shape index (κ2) is 9.74. The average Bonchev–Trinajstić information content (AvgIpc) is 2.61. The summed E-state index contributed by atoms with van der Waals surface area (Å²) in [6.45, 7) is 1.87. The van der Waals surface area contributed by atoms with Gasteiger partial charge in [0.05, 0.1) is 13.7 Å². The second-order valence-corrected chi connectivity index (χ2v) is 5.40. The molecule has 2 rings (SSSR count). The molecule has 0 unspecified atom stereocenters. The summed E-state index contributed by atoms with van der Waals surface area (Å²) < 4.78 is 5.31. The Morgan fingerprint density at radius 2 is 1.83 bits per heavy atom. The Bertz CT molecular complexity index is 689. The Kier molecular flexibility index (Phi) is 7.31. The van der Waals surface area contributed by atoms with Crippen molar-refractivity contribution in [3.63, 3.8) is 0 Å². The number of methoxy groups -OCH3 is 1. The van der Waals surface area contributed by atoms with Crippen LogP contribution in [0.1, 0.15) is 16.7 Å².